The standard InChI is InChI=1S/C37H42F2N8O3/c1-36(16-14-33(49)42-35(36)50)45(2)27-7-5-6-23(18-27)30-15-17-46(22-37(30,38)39)25-10-12-26(13-11-25)47-21-24(20-41-47)29-19-31(43-44-34(29)40)28-8-3-4-9-32(28)48/h3-9,18-21,25-26,30,48H,10-17,22H2,1-2H3,(H2,40,44)(H,42,49,50)/t25-,26-,30-,36+/m1/s1. The number of piperidine rings is 2. The van der Waals surface area contributed by atoms with E-state index in [2.05, 4.69) is 20.6 Å². The van der Waals surface area contributed by atoms with Crippen molar-refractivity contribution in [3.8, 4) is 28.1 Å². The SMILES string of the molecule is CN(c1cccc([C@H]2CCN([C@H]3CC[C@H](n4cc(-c5cc(-c6ccccc6O)nnc5N)cn4)CC3)CC2(F)F)c1)[C@@]1(C)CCC(=O)NC1=O. The van der Waals surface area contributed by atoms with Crippen LogP contribution in [-0.4, -0.2) is 79.4 Å². The van der Waals surface area contributed by atoms with Crippen molar-refractivity contribution in [3.05, 3.63) is 72.6 Å². The van der Waals surface area contributed by atoms with Crippen molar-refractivity contribution in [2.45, 2.75) is 81.3 Å². The monoisotopic (exact) mass is 684 g/mol. The molecule has 50 heavy (non-hydrogen) atoms. The summed E-state index contributed by atoms with van der Waals surface area (Å²) < 4.78 is 33.8. The van der Waals surface area contributed by atoms with Gasteiger partial charge in [0.2, 0.25) is 5.91 Å². The van der Waals surface area contributed by atoms with Gasteiger partial charge >= 0.3 is 0 Å². The summed E-state index contributed by atoms with van der Waals surface area (Å²) in [4.78, 5) is 28.2. The predicted molar refractivity (Wildman–Crippen MR) is 186 cm³/mol. The molecule has 11 nitrogen and oxygen atoms in total. The summed E-state index contributed by atoms with van der Waals surface area (Å²) in [6, 6.07) is 16.0. The van der Waals surface area contributed by atoms with Crippen molar-refractivity contribution in [1.29, 1.82) is 0 Å². The van der Waals surface area contributed by atoms with Gasteiger partial charge in [0.05, 0.1) is 30.4 Å². The number of nitrogen functional groups attached to an aromatic ring is 1. The number of benzene rings is 2. The number of hydrogen-bond acceptors (Lipinski definition) is 9. The number of carbonyl (C=O) groups is 2. The molecule has 7 rings (SSSR count). The third-order valence-electron chi connectivity index (χ3n) is 11.1. The quantitative estimate of drug-likeness (QED) is 0.214. The van der Waals surface area contributed by atoms with Gasteiger partial charge in [0.25, 0.3) is 11.8 Å². The van der Waals surface area contributed by atoms with Crippen molar-refractivity contribution in [3.63, 3.8) is 0 Å². The average molecular weight is 685 g/mol. The fourth-order valence-electron chi connectivity index (χ4n) is 7.86. The minimum absolute atomic E-state index is 0.0687. The van der Waals surface area contributed by atoms with Crippen molar-refractivity contribution in [2.24, 2.45) is 0 Å². The first kappa shape index (κ1) is 33.6. The van der Waals surface area contributed by atoms with Gasteiger partial charge in [0, 0.05) is 48.1 Å². The number of phenols is 1. The number of alkyl halides is 2. The van der Waals surface area contributed by atoms with Gasteiger partial charge in [-0.2, -0.15) is 5.10 Å². The Morgan fingerprint density at radius 1 is 0.980 bits per heavy atom. The zero-order chi connectivity index (χ0) is 35.2. The number of nitrogens with one attached hydrogen (secondary N) is 1. The van der Waals surface area contributed by atoms with Crippen LogP contribution in [-0.2, 0) is 9.59 Å². The first-order valence-corrected chi connectivity index (χ1v) is 17.2. The molecule has 0 bridgehead atoms. The van der Waals surface area contributed by atoms with Crippen LogP contribution in [0.3, 0.4) is 0 Å². The Hall–Kier alpha value is -4.91. The van der Waals surface area contributed by atoms with Gasteiger partial charge in [-0.25, -0.2) is 8.78 Å². The van der Waals surface area contributed by atoms with Crippen LogP contribution in [0.2, 0.25) is 0 Å². The summed E-state index contributed by atoms with van der Waals surface area (Å²) in [6.45, 7) is 2.06. The zero-order valence-corrected chi connectivity index (χ0v) is 28.2. The molecular weight excluding hydrogens is 642 g/mol. The summed E-state index contributed by atoms with van der Waals surface area (Å²) in [7, 11) is 1.77. The number of aromatic nitrogens is 4. The molecular formula is C37H42F2N8O3. The molecule has 262 valence electrons. The molecule has 13 heteroatoms. The number of likely N-dealkylation sites (tertiary alicyclic amines) is 1. The van der Waals surface area contributed by atoms with Crippen LogP contribution < -0.4 is 16.0 Å². The molecule has 4 heterocycles. The van der Waals surface area contributed by atoms with Crippen molar-refractivity contribution < 1.29 is 23.5 Å². The number of phenolic OH excluding ortho intramolecular Hbond substituents is 1. The molecule has 3 aliphatic rings. The highest BCUT2D eigenvalue weighted by atomic mass is 19.3. The Morgan fingerprint density at radius 2 is 1.74 bits per heavy atom. The molecule has 0 unspecified atom stereocenters. The minimum atomic E-state index is -2.92. The molecule has 0 radical (unpaired) electrons. The number of rotatable bonds is 7. The average Bonchev–Trinajstić information content (AvgIpc) is 3.60. The maximum Gasteiger partial charge on any atom is 0.267 e. The molecule has 4 aromatic rings. The number of imide groups is 1. The van der Waals surface area contributed by atoms with Gasteiger partial charge in [-0.05, 0) is 87.9 Å². The third-order valence-corrected chi connectivity index (χ3v) is 11.1. The first-order chi connectivity index (χ1) is 23.9. The Morgan fingerprint density at radius 3 is 2.48 bits per heavy atom. The second-order valence-electron chi connectivity index (χ2n) is 14.1. The van der Waals surface area contributed by atoms with E-state index in [1.807, 2.05) is 27.9 Å². The number of para-hydroxylation sites is 1. The number of nitrogens with two attached hydrogens (primary N) is 1. The highest BCUT2D eigenvalue weighted by molar-refractivity contribution is 6.04. The molecule has 2 aliphatic heterocycles. The molecule has 2 aromatic heterocycles. The lowest BCUT2D eigenvalue weighted by molar-refractivity contribution is -0.137. The summed E-state index contributed by atoms with van der Waals surface area (Å²) in [6.07, 6.45) is 7.83. The summed E-state index contributed by atoms with van der Waals surface area (Å²) in [5.74, 6) is -4.16. The molecule has 2 atom stereocenters. The smallest absolute Gasteiger partial charge is 0.267 e. The molecule has 2 amide bonds. The lowest BCUT2D eigenvalue weighted by Crippen LogP contribution is -2.60. The van der Waals surface area contributed by atoms with Crippen LogP contribution in [0.15, 0.2) is 67.0 Å². The number of halogens is 2. The van der Waals surface area contributed by atoms with Gasteiger partial charge in [-0.3, -0.25) is 24.5 Å². The van der Waals surface area contributed by atoms with Gasteiger partial charge in [-0.15, -0.1) is 10.2 Å². The Balaban J connectivity index is 0.982. The van der Waals surface area contributed by atoms with Crippen LogP contribution in [0.1, 0.15) is 69.4 Å². The number of hydrogen-bond donors (Lipinski definition) is 3. The summed E-state index contributed by atoms with van der Waals surface area (Å²) in [5.41, 5.74) is 9.00. The Bertz CT molecular complexity index is 1910. The highest BCUT2D eigenvalue weighted by Gasteiger charge is 2.48. The van der Waals surface area contributed by atoms with Crippen molar-refractivity contribution >= 4 is 23.3 Å². The number of aromatic hydroxyl groups is 1. The second kappa shape index (κ2) is 13.1. The number of carbonyl (C=O) groups excluding carboxylic acids is 2. The van der Waals surface area contributed by atoms with Gasteiger partial charge in [0.15, 0.2) is 5.82 Å². The van der Waals surface area contributed by atoms with Crippen LogP contribution in [0, 0.1) is 0 Å². The van der Waals surface area contributed by atoms with Gasteiger partial charge in [-0.1, -0.05) is 24.3 Å². The van der Waals surface area contributed by atoms with E-state index in [-0.39, 0.29) is 48.4 Å². The van der Waals surface area contributed by atoms with Crippen LogP contribution >= 0.6 is 0 Å². The maximum atomic E-state index is 15.9. The minimum Gasteiger partial charge on any atom is -0.507 e. The van der Waals surface area contributed by atoms with E-state index in [0.29, 0.717) is 47.5 Å². The summed E-state index contributed by atoms with van der Waals surface area (Å²) in [5, 5.41) is 25.6. The highest BCUT2D eigenvalue weighted by Crippen LogP contribution is 2.44. The van der Waals surface area contributed by atoms with Gasteiger partial charge < -0.3 is 15.7 Å². The zero-order valence-electron chi connectivity index (χ0n) is 28.2. The second-order valence-corrected chi connectivity index (χ2v) is 14.1. The van der Waals surface area contributed by atoms with E-state index in [1.165, 1.54) is 0 Å². The fourth-order valence-corrected chi connectivity index (χ4v) is 7.86. The number of anilines is 2. The molecule has 3 fully saturated rings. The molecule has 4 N–H and O–H groups in total. The van der Waals surface area contributed by atoms with E-state index in [4.69, 9.17) is 5.73 Å². The molecule has 2 saturated heterocycles. The van der Waals surface area contributed by atoms with Crippen LogP contribution in [0.4, 0.5) is 20.3 Å². The number of likely N-dealkylation sites (N-methyl/N-ethyl adjacent to an activating group) is 1. The third kappa shape index (κ3) is 6.30. The van der Waals surface area contributed by atoms with E-state index in [1.54, 1.807) is 67.5 Å². The van der Waals surface area contributed by atoms with E-state index >= 15 is 8.78 Å². The molecule has 1 saturated carbocycles. The topological polar surface area (TPSA) is 142 Å². The lowest BCUT2D eigenvalue weighted by Gasteiger charge is -2.44. The molecule has 2 aromatic carbocycles. The van der Waals surface area contributed by atoms with Crippen LogP contribution in [0.25, 0.3) is 22.4 Å². The van der Waals surface area contributed by atoms with Crippen molar-refractivity contribution in [1.82, 2.24) is 30.2 Å². The summed E-state index contributed by atoms with van der Waals surface area (Å²) >= 11 is 0. The fraction of sp³-hybridized carbons (Fsp3) is 0.432. The molecule has 0 spiro atoms. The van der Waals surface area contributed by atoms with Crippen LogP contribution in [0.5, 0.6) is 5.75 Å². The Kier molecular flexibility index (Phi) is 8.79. The van der Waals surface area contributed by atoms with E-state index < -0.39 is 17.4 Å². The van der Waals surface area contributed by atoms with E-state index in [0.717, 1.165) is 31.2 Å². The number of nitrogens with zero attached hydrogens (tertiary/aromatic N) is 6. The number of amides is 2. The van der Waals surface area contributed by atoms with E-state index in [9.17, 15) is 14.7 Å². The lowest BCUT2D eigenvalue weighted by atomic mass is 9.83. The predicted octanol–water partition coefficient (Wildman–Crippen LogP) is 5.53. The first-order valence-electron chi connectivity index (χ1n) is 17.2. The normalized spacial score (nSPS) is 25.6. The van der Waals surface area contributed by atoms with Gasteiger partial charge in [0.1, 0.15) is 11.3 Å². The Labute approximate surface area is 289 Å². The maximum absolute atomic E-state index is 15.9. The van der Waals surface area contributed by atoms with Crippen molar-refractivity contribution in [2.75, 3.05) is 30.8 Å². The molecule has 1 aliphatic carbocycles. The largest absolute Gasteiger partial charge is 0.507 e.